The molecule has 6 heteroatoms. The van der Waals surface area contributed by atoms with Crippen LogP contribution in [0.1, 0.15) is 239 Å². The summed E-state index contributed by atoms with van der Waals surface area (Å²) in [5.74, 6) is -0.104. The van der Waals surface area contributed by atoms with Crippen LogP contribution in [-0.2, 0) is 14.3 Å². The number of allylic oxidation sites excluding steroid dienone is 7. The van der Waals surface area contributed by atoms with E-state index in [-0.39, 0.29) is 18.5 Å². The Balaban J connectivity index is 3.48. The van der Waals surface area contributed by atoms with Crippen molar-refractivity contribution < 1.29 is 24.5 Å². The lowest BCUT2D eigenvalue weighted by atomic mass is 10.1. The molecule has 0 aliphatic carbocycles. The van der Waals surface area contributed by atoms with E-state index in [1.165, 1.54) is 148 Å². The van der Waals surface area contributed by atoms with Crippen molar-refractivity contribution in [2.24, 2.45) is 0 Å². The van der Waals surface area contributed by atoms with Crippen molar-refractivity contribution in [2.45, 2.75) is 251 Å². The summed E-state index contributed by atoms with van der Waals surface area (Å²) in [6, 6.07) is -0.635. The summed E-state index contributed by atoms with van der Waals surface area (Å²) in [5.41, 5.74) is 0. The third-order valence-electron chi connectivity index (χ3n) is 10.8. The molecule has 0 aromatic carbocycles. The zero-order valence-electron chi connectivity index (χ0n) is 37.6. The van der Waals surface area contributed by atoms with Gasteiger partial charge >= 0.3 is 5.97 Å². The van der Waals surface area contributed by atoms with Gasteiger partial charge in [-0.05, 0) is 83.5 Å². The number of aliphatic hydroxyl groups excluding tert-OH is 2. The minimum atomic E-state index is -0.851. The lowest BCUT2D eigenvalue weighted by Crippen LogP contribution is -2.45. The molecule has 2 atom stereocenters. The zero-order chi connectivity index (χ0) is 41.5. The number of carbonyl (C=O) groups is 2. The van der Waals surface area contributed by atoms with E-state index in [1.54, 1.807) is 6.08 Å². The summed E-state index contributed by atoms with van der Waals surface area (Å²) in [5, 5.41) is 22.9. The van der Waals surface area contributed by atoms with E-state index in [4.69, 9.17) is 4.74 Å². The molecule has 0 heterocycles. The molecule has 57 heavy (non-hydrogen) atoms. The SMILES string of the molecule is CCCC/C=C\C/C=C\CCCCCCCC(=O)OCCCCCCCC/C=C\CCCCCCCCCC(=O)NC(CO)C(O)/C=C/CCCCCCCCC. The van der Waals surface area contributed by atoms with Gasteiger partial charge in [0.1, 0.15) is 0 Å². The lowest BCUT2D eigenvalue weighted by molar-refractivity contribution is -0.143. The molecule has 0 bridgehead atoms. The van der Waals surface area contributed by atoms with Crippen LogP contribution in [0, 0.1) is 0 Å². The Bertz CT molecular complexity index is 973. The van der Waals surface area contributed by atoms with Gasteiger partial charge in [0.15, 0.2) is 0 Å². The van der Waals surface area contributed by atoms with Gasteiger partial charge in [-0.25, -0.2) is 0 Å². The number of esters is 1. The molecule has 0 aliphatic rings. The topological polar surface area (TPSA) is 95.9 Å². The maximum absolute atomic E-state index is 12.3. The summed E-state index contributed by atoms with van der Waals surface area (Å²) in [6.45, 7) is 4.79. The maximum atomic E-state index is 12.3. The van der Waals surface area contributed by atoms with Crippen LogP contribution in [-0.4, -0.2) is 47.4 Å². The molecule has 332 valence electrons. The molecule has 0 aromatic rings. The normalized spacial score (nSPS) is 13.1. The predicted octanol–water partition coefficient (Wildman–Crippen LogP) is 14.3. The molecule has 3 N–H and O–H groups in total. The number of hydrogen-bond acceptors (Lipinski definition) is 5. The molecule has 2 unspecified atom stereocenters. The Morgan fingerprint density at radius 2 is 0.895 bits per heavy atom. The van der Waals surface area contributed by atoms with E-state index in [9.17, 15) is 19.8 Å². The van der Waals surface area contributed by atoms with Crippen LogP contribution in [0.2, 0.25) is 0 Å². The predicted molar refractivity (Wildman–Crippen MR) is 245 cm³/mol. The van der Waals surface area contributed by atoms with Gasteiger partial charge in [0.25, 0.3) is 0 Å². The number of ether oxygens (including phenoxy) is 1. The Hall–Kier alpha value is -2.18. The number of nitrogens with one attached hydrogen (secondary N) is 1. The largest absolute Gasteiger partial charge is 0.466 e. The van der Waals surface area contributed by atoms with Crippen LogP contribution in [0.5, 0.6) is 0 Å². The van der Waals surface area contributed by atoms with Crippen LogP contribution in [0.25, 0.3) is 0 Å². The van der Waals surface area contributed by atoms with Crippen LogP contribution in [0.3, 0.4) is 0 Å². The third-order valence-corrected chi connectivity index (χ3v) is 10.8. The Morgan fingerprint density at radius 1 is 0.491 bits per heavy atom. The number of aliphatic hydroxyl groups is 2. The zero-order valence-corrected chi connectivity index (χ0v) is 37.6. The fourth-order valence-corrected chi connectivity index (χ4v) is 6.99. The Morgan fingerprint density at radius 3 is 1.40 bits per heavy atom. The summed E-state index contributed by atoms with van der Waals surface area (Å²) in [4.78, 5) is 24.3. The molecule has 0 aromatic heterocycles. The summed E-state index contributed by atoms with van der Waals surface area (Å²) < 4.78 is 5.44. The van der Waals surface area contributed by atoms with E-state index in [0.717, 1.165) is 64.2 Å². The lowest BCUT2D eigenvalue weighted by Gasteiger charge is -2.20. The monoisotopic (exact) mass is 800 g/mol. The molecule has 0 saturated carbocycles. The quantitative estimate of drug-likeness (QED) is 0.0324. The standard InChI is InChI=1S/C51H93NO5/c1-3-5-7-9-11-13-14-15-22-25-29-33-37-41-45-51(56)57-46-42-38-34-30-26-23-20-18-16-17-19-21-24-28-32-36-40-44-50(55)52-48(47-53)49(54)43-39-35-31-27-12-10-8-6-4-2/h9,11,14-16,18,39,43,48-49,53-54H,3-8,10,12-13,17,19-38,40-42,44-47H2,1-2H3,(H,52,55)/b11-9-,15-14-,18-16-,43-39+. The summed E-state index contributed by atoms with van der Waals surface area (Å²) >= 11 is 0. The molecule has 0 aliphatic heterocycles. The molecular weight excluding hydrogens is 707 g/mol. The van der Waals surface area contributed by atoms with Gasteiger partial charge in [0.2, 0.25) is 5.91 Å². The number of carbonyl (C=O) groups excluding carboxylic acids is 2. The Labute approximate surface area is 353 Å². The third kappa shape index (κ3) is 43.2. The molecule has 6 nitrogen and oxygen atoms in total. The molecule has 0 spiro atoms. The minimum Gasteiger partial charge on any atom is -0.466 e. The van der Waals surface area contributed by atoms with Crippen molar-refractivity contribution in [1.29, 1.82) is 0 Å². The van der Waals surface area contributed by atoms with Crippen LogP contribution in [0.4, 0.5) is 0 Å². The fraction of sp³-hybridized carbons (Fsp3) is 0.804. The van der Waals surface area contributed by atoms with Gasteiger partial charge in [-0.15, -0.1) is 0 Å². The molecular formula is C51H93NO5. The summed E-state index contributed by atoms with van der Waals surface area (Å²) in [7, 11) is 0. The van der Waals surface area contributed by atoms with E-state index in [0.29, 0.717) is 19.4 Å². The first kappa shape index (κ1) is 54.8. The van der Waals surface area contributed by atoms with Crippen LogP contribution >= 0.6 is 0 Å². The highest BCUT2D eigenvalue weighted by Gasteiger charge is 2.18. The average Bonchev–Trinajstić information content (AvgIpc) is 3.21. The van der Waals surface area contributed by atoms with Crippen LogP contribution < -0.4 is 5.32 Å². The van der Waals surface area contributed by atoms with Crippen molar-refractivity contribution in [1.82, 2.24) is 5.32 Å². The van der Waals surface area contributed by atoms with E-state index in [1.807, 2.05) is 6.08 Å². The first-order valence-corrected chi connectivity index (χ1v) is 24.4. The maximum Gasteiger partial charge on any atom is 0.305 e. The van der Waals surface area contributed by atoms with Crippen molar-refractivity contribution in [3.05, 3.63) is 48.6 Å². The minimum absolute atomic E-state index is 0.0188. The van der Waals surface area contributed by atoms with Gasteiger partial charge in [-0.3, -0.25) is 9.59 Å². The number of unbranched alkanes of at least 4 members (excludes halogenated alkanes) is 27. The van der Waals surface area contributed by atoms with Gasteiger partial charge in [0.05, 0.1) is 25.4 Å². The molecule has 0 fully saturated rings. The molecule has 1 amide bonds. The number of amides is 1. The van der Waals surface area contributed by atoms with Crippen LogP contribution in [0.15, 0.2) is 48.6 Å². The van der Waals surface area contributed by atoms with Crippen molar-refractivity contribution >= 4 is 11.9 Å². The smallest absolute Gasteiger partial charge is 0.305 e. The second-order valence-corrected chi connectivity index (χ2v) is 16.4. The fourth-order valence-electron chi connectivity index (χ4n) is 6.99. The van der Waals surface area contributed by atoms with E-state index in [2.05, 4.69) is 55.6 Å². The first-order valence-electron chi connectivity index (χ1n) is 24.4. The van der Waals surface area contributed by atoms with Crippen molar-refractivity contribution in [3.8, 4) is 0 Å². The van der Waals surface area contributed by atoms with Gasteiger partial charge in [-0.1, -0.05) is 191 Å². The Kier molecular flexibility index (Phi) is 44.7. The highest BCUT2D eigenvalue weighted by Crippen LogP contribution is 2.13. The average molecular weight is 800 g/mol. The first-order chi connectivity index (χ1) is 28.0. The second-order valence-electron chi connectivity index (χ2n) is 16.4. The van der Waals surface area contributed by atoms with E-state index >= 15 is 0 Å². The molecule has 0 radical (unpaired) electrons. The van der Waals surface area contributed by atoms with Gasteiger partial charge in [-0.2, -0.15) is 0 Å². The number of rotatable bonds is 44. The van der Waals surface area contributed by atoms with Crippen molar-refractivity contribution in [3.63, 3.8) is 0 Å². The van der Waals surface area contributed by atoms with Gasteiger partial charge < -0.3 is 20.3 Å². The highest BCUT2D eigenvalue weighted by atomic mass is 16.5. The van der Waals surface area contributed by atoms with E-state index < -0.39 is 12.1 Å². The van der Waals surface area contributed by atoms with Gasteiger partial charge in [0, 0.05) is 12.8 Å². The molecule has 0 rings (SSSR count). The van der Waals surface area contributed by atoms with Crippen molar-refractivity contribution in [2.75, 3.05) is 13.2 Å². The molecule has 0 saturated heterocycles. The number of hydrogen-bond donors (Lipinski definition) is 3. The highest BCUT2D eigenvalue weighted by molar-refractivity contribution is 5.76. The second kappa shape index (κ2) is 46.5. The summed E-state index contributed by atoms with van der Waals surface area (Å²) in [6.07, 6.45) is 56.8.